The Kier molecular flexibility index (Phi) is 5.95. The summed E-state index contributed by atoms with van der Waals surface area (Å²) in [4.78, 5) is 28.8. The van der Waals surface area contributed by atoms with Gasteiger partial charge in [-0.05, 0) is 56.2 Å². The van der Waals surface area contributed by atoms with Crippen LogP contribution in [0.4, 0.5) is 5.69 Å². The molecule has 0 bridgehead atoms. The number of piperidine rings is 2. The maximum atomic E-state index is 12.7. The number of rotatable bonds is 4. The Bertz CT molecular complexity index is 603. The monoisotopic (exact) mass is 343 g/mol. The molecule has 0 radical (unpaired) electrons. The summed E-state index contributed by atoms with van der Waals surface area (Å²) >= 11 is 0. The fourth-order valence-corrected chi connectivity index (χ4v) is 3.59. The number of carbonyl (C=O) groups excluding carboxylic acids is 2. The van der Waals surface area contributed by atoms with E-state index in [1.807, 2.05) is 34.1 Å². The van der Waals surface area contributed by atoms with Gasteiger partial charge in [0.25, 0.3) is 5.91 Å². The van der Waals surface area contributed by atoms with Crippen LogP contribution in [0.1, 0.15) is 49.4 Å². The highest BCUT2D eigenvalue weighted by molar-refractivity contribution is 5.95. The molecule has 1 aromatic rings. The smallest absolute Gasteiger partial charge is 0.253 e. The topological polar surface area (TPSA) is 52.7 Å². The van der Waals surface area contributed by atoms with Crippen LogP contribution < -0.4 is 5.32 Å². The molecule has 0 aliphatic carbocycles. The lowest BCUT2D eigenvalue weighted by Gasteiger charge is -2.30. The van der Waals surface area contributed by atoms with Gasteiger partial charge in [0.05, 0.1) is 6.54 Å². The maximum absolute atomic E-state index is 12.7. The summed E-state index contributed by atoms with van der Waals surface area (Å²) in [6, 6.07) is 7.52. The molecule has 2 amide bonds. The molecule has 0 atom stereocenters. The molecule has 2 fully saturated rings. The van der Waals surface area contributed by atoms with Crippen molar-refractivity contribution >= 4 is 17.5 Å². The van der Waals surface area contributed by atoms with Crippen LogP contribution in [0.15, 0.2) is 24.3 Å². The first-order valence-electron chi connectivity index (χ1n) is 9.54. The summed E-state index contributed by atoms with van der Waals surface area (Å²) in [5, 5.41) is 3.19. The summed E-state index contributed by atoms with van der Waals surface area (Å²) < 4.78 is 0. The van der Waals surface area contributed by atoms with Crippen molar-refractivity contribution in [1.82, 2.24) is 9.80 Å². The zero-order valence-corrected chi connectivity index (χ0v) is 15.2. The van der Waals surface area contributed by atoms with Crippen LogP contribution in [-0.2, 0) is 4.79 Å². The van der Waals surface area contributed by atoms with Crippen LogP contribution in [0.3, 0.4) is 0 Å². The van der Waals surface area contributed by atoms with Crippen molar-refractivity contribution in [1.29, 1.82) is 0 Å². The van der Waals surface area contributed by atoms with Gasteiger partial charge in [-0.3, -0.25) is 9.59 Å². The number of amides is 2. The molecular formula is C20H29N3O2. The van der Waals surface area contributed by atoms with E-state index in [0.29, 0.717) is 18.0 Å². The van der Waals surface area contributed by atoms with Gasteiger partial charge in [-0.2, -0.15) is 0 Å². The van der Waals surface area contributed by atoms with E-state index in [9.17, 15) is 9.59 Å². The molecule has 2 aliphatic rings. The third kappa shape index (κ3) is 4.74. The number of anilines is 1. The van der Waals surface area contributed by atoms with Crippen molar-refractivity contribution in [2.45, 2.75) is 39.0 Å². The SMILES string of the molecule is CC1CCN(C(=O)c2cccc(NCC(=O)N3CCCCC3)c2)CC1. The number of benzene rings is 1. The number of nitrogens with zero attached hydrogens (tertiary/aromatic N) is 2. The average molecular weight is 343 g/mol. The van der Waals surface area contributed by atoms with Crippen LogP contribution in [0.5, 0.6) is 0 Å². The number of likely N-dealkylation sites (tertiary alicyclic amines) is 2. The van der Waals surface area contributed by atoms with Crippen LogP contribution in [-0.4, -0.2) is 54.3 Å². The Morgan fingerprint density at radius 1 is 1.04 bits per heavy atom. The Morgan fingerprint density at radius 3 is 2.48 bits per heavy atom. The van der Waals surface area contributed by atoms with Gasteiger partial charge in [-0.25, -0.2) is 0 Å². The molecule has 0 spiro atoms. The molecule has 5 heteroatoms. The largest absolute Gasteiger partial charge is 0.376 e. The normalized spacial score (nSPS) is 18.9. The van der Waals surface area contributed by atoms with Gasteiger partial charge in [0.2, 0.25) is 5.91 Å². The van der Waals surface area contributed by atoms with E-state index in [4.69, 9.17) is 0 Å². The second kappa shape index (κ2) is 8.37. The van der Waals surface area contributed by atoms with E-state index < -0.39 is 0 Å². The van der Waals surface area contributed by atoms with Crippen LogP contribution in [0, 0.1) is 5.92 Å². The molecule has 0 aromatic heterocycles. The van der Waals surface area contributed by atoms with Crippen molar-refractivity contribution < 1.29 is 9.59 Å². The van der Waals surface area contributed by atoms with Crippen molar-refractivity contribution in [2.24, 2.45) is 5.92 Å². The highest BCUT2D eigenvalue weighted by atomic mass is 16.2. The van der Waals surface area contributed by atoms with E-state index in [-0.39, 0.29) is 11.8 Å². The number of nitrogens with one attached hydrogen (secondary N) is 1. The number of carbonyl (C=O) groups is 2. The predicted octanol–water partition coefficient (Wildman–Crippen LogP) is 2.98. The lowest BCUT2D eigenvalue weighted by Crippen LogP contribution is -2.39. The van der Waals surface area contributed by atoms with Gasteiger partial charge in [0, 0.05) is 37.4 Å². The lowest BCUT2D eigenvalue weighted by atomic mass is 9.98. The van der Waals surface area contributed by atoms with E-state index in [2.05, 4.69) is 12.2 Å². The van der Waals surface area contributed by atoms with E-state index in [1.54, 1.807) is 0 Å². The van der Waals surface area contributed by atoms with Gasteiger partial charge in [-0.1, -0.05) is 13.0 Å². The minimum Gasteiger partial charge on any atom is -0.376 e. The van der Waals surface area contributed by atoms with Gasteiger partial charge < -0.3 is 15.1 Å². The minimum atomic E-state index is 0.0953. The molecule has 1 N–H and O–H groups in total. The Hall–Kier alpha value is -2.04. The highest BCUT2D eigenvalue weighted by Crippen LogP contribution is 2.19. The van der Waals surface area contributed by atoms with Gasteiger partial charge in [0.1, 0.15) is 0 Å². The summed E-state index contributed by atoms with van der Waals surface area (Å²) in [6.45, 7) is 5.94. The van der Waals surface area contributed by atoms with Crippen LogP contribution in [0.25, 0.3) is 0 Å². The minimum absolute atomic E-state index is 0.0953. The lowest BCUT2D eigenvalue weighted by molar-refractivity contribution is -0.130. The third-order valence-corrected chi connectivity index (χ3v) is 5.33. The summed E-state index contributed by atoms with van der Waals surface area (Å²) in [7, 11) is 0. The summed E-state index contributed by atoms with van der Waals surface area (Å²) in [5.41, 5.74) is 1.53. The fraction of sp³-hybridized carbons (Fsp3) is 0.600. The quantitative estimate of drug-likeness (QED) is 0.914. The van der Waals surface area contributed by atoms with Crippen molar-refractivity contribution in [3.05, 3.63) is 29.8 Å². The van der Waals surface area contributed by atoms with E-state index in [1.165, 1.54) is 6.42 Å². The molecule has 25 heavy (non-hydrogen) atoms. The van der Waals surface area contributed by atoms with Crippen LogP contribution in [0.2, 0.25) is 0 Å². The average Bonchev–Trinajstić information content (AvgIpc) is 2.67. The molecule has 0 unspecified atom stereocenters. The Morgan fingerprint density at radius 2 is 1.76 bits per heavy atom. The number of hydrogen-bond donors (Lipinski definition) is 1. The number of hydrogen-bond acceptors (Lipinski definition) is 3. The van der Waals surface area contributed by atoms with Gasteiger partial charge in [0.15, 0.2) is 0 Å². The van der Waals surface area contributed by atoms with Crippen LogP contribution >= 0.6 is 0 Å². The summed E-state index contributed by atoms with van der Waals surface area (Å²) in [5.74, 6) is 0.942. The second-order valence-corrected chi connectivity index (χ2v) is 7.35. The molecule has 5 nitrogen and oxygen atoms in total. The van der Waals surface area contributed by atoms with Gasteiger partial charge in [-0.15, -0.1) is 0 Å². The first-order valence-corrected chi connectivity index (χ1v) is 9.54. The van der Waals surface area contributed by atoms with Crippen molar-refractivity contribution in [3.63, 3.8) is 0 Å². The first kappa shape index (κ1) is 17.8. The molecular weight excluding hydrogens is 314 g/mol. The standard InChI is InChI=1S/C20H29N3O2/c1-16-8-12-23(13-9-16)20(25)17-6-5-7-18(14-17)21-15-19(24)22-10-3-2-4-11-22/h5-7,14,16,21H,2-4,8-13,15H2,1H3. The molecule has 2 saturated heterocycles. The molecule has 136 valence electrons. The van der Waals surface area contributed by atoms with Crippen molar-refractivity contribution in [2.75, 3.05) is 38.0 Å². The predicted molar refractivity (Wildman–Crippen MR) is 99.7 cm³/mol. The summed E-state index contributed by atoms with van der Waals surface area (Å²) in [6.07, 6.45) is 5.58. The Balaban J connectivity index is 1.55. The zero-order chi connectivity index (χ0) is 17.6. The fourth-order valence-electron chi connectivity index (χ4n) is 3.59. The van der Waals surface area contributed by atoms with E-state index >= 15 is 0 Å². The van der Waals surface area contributed by atoms with Gasteiger partial charge >= 0.3 is 0 Å². The molecule has 3 rings (SSSR count). The zero-order valence-electron chi connectivity index (χ0n) is 15.2. The van der Waals surface area contributed by atoms with E-state index in [0.717, 1.165) is 57.5 Å². The maximum Gasteiger partial charge on any atom is 0.253 e. The Labute approximate surface area is 150 Å². The molecule has 0 saturated carbocycles. The molecule has 2 heterocycles. The third-order valence-electron chi connectivity index (χ3n) is 5.33. The molecule has 2 aliphatic heterocycles. The molecule has 1 aromatic carbocycles. The highest BCUT2D eigenvalue weighted by Gasteiger charge is 2.21. The second-order valence-electron chi connectivity index (χ2n) is 7.35. The first-order chi connectivity index (χ1) is 12.1. The van der Waals surface area contributed by atoms with Crippen molar-refractivity contribution in [3.8, 4) is 0 Å².